The molecule has 0 heterocycles. The number of carbonyl (C=O) groups is 2. The largest absolute Gasteiger partial charge is 0.296 e. The molecule has 3 N–H and O–H groups in total. The van der Waals surface area contributed by atoms with Crippen molar-refractivity contribution < 1.29 is 9.59 Å². The number of nitrogens with one attached hydrogen (secondary N) is 3. The molecule has 0 saturated carbocycles. The molecule has 2 atom stereocenters. The van der Waals surface area contributed by atoms with Crippen molar-refractivity contribution in [3.05, 3.63) is 23.3 Å². The van der Waals surface area contributed by atoms with Gasteiger partial charge in [-0.3, -0.25) is 25.6 Å². The highest BCUT2D eigenvalue weighted by Gasteiger charge is 2.22. The summed E-state index contributed by atoms with van der Waals surface area (Å²) in [6.07, 6.45) is 8.69. The van der Waals surface area contributed by atoms with E-state index >= 15 is 0 Å². The lowest BCUT2D eigenvalue weighted by Gasteiger charge is -2.19. The smallest absolute Gasteiger partial charge is 0.230 e. The highest BCUT2D eigenvalue weighted by Crippen LogP contribution is 2.19. The maximum atomic E-state index is 12.4. The first-order valence-corrected chi connectivity index (χ1v) is 9.84. The lowest BCUT2D eigenvalue weighted by atomic mass is 9.94. The molecule has 0 radical (unpaired) electrons. The van der Waals surface area contributed by atoms with Crippen molar-refractivity contribution >= 4 is 17.8 Å². The minimum Gasteiger partial charge on any atom is -0.296 e. The van der Waals surface area contributed by atoms with Gasteiger partial charge in [-0.2, -0.15) is 0 Å². The second kappa shape index (κ2) is 13.3. The van der Waals surface area contributed by atoms with Crippen molar-refractivity contribution in [1.29, 1.82) is 5.41 Å². The third kappa shape index (κ3) is 8.45. The minimum absolute atomic E-state index is 0.185. The Bertz CT molecular complexity index is 489. The van der Waals surface area contributed by atoms with Crippen LogP contribution >= 0.6 is 0 Å². The molecule has 0 spiro atoms. The zero-order chi connectivity index (χ0) is 20.1. The van der Waals surface area contributed by atoms with Crippen molar-refractivity contribution in [1.82, 2.24) is 10.6 Å². The first-order chi connectivity index (χ1) is 12.4. The van der Waals surface area contributed by atoms with E-state index < -0.39 is 0 Å². The van der Waals surface area contributed by atoms with Gasteiger partial charge >= 0.3 is 0 Å². The second-order valence-electron chi connectivity index (χ2n) is 6.57. The Kier molecular flexibility index (Phi) is 12.3. The average molecular weight is 364 g/mol. The molecule has 0 unspecified atom stereocenters. The fourth-order valence-electron chi connectivity index (χ4n) is 2.89. The van der Waals surface area contributed by atoms with Gasteiger partial charge in [0.05, 0.1) is 0 Å². The van der Waals surface area contributed by atoms with Crippen molar-refractivity contribution in [2.24, 2.45) is 11.8 Å². The van der Waals surface area contributed by atoms with Crippen molar-refractivity contribution in [2.75, 3.05) is 0 Å². The van der Waals surface area contributed by atoms with Gasteiger partial charge in [0.25, 0.3) is 0 Å². The highest BCUT2D eigenvalue weighted by atomic mass is 16.2. The predicted octanol–water partition coefficient (Wildman–Crippen LogP) is 4.70. The summed E-state index contributed by atoms with van der Waals surface area (Å²) >= 11 is 0. The van der Waals surface area contributed by atoms with E-state index in [1.165, 1.54) is 11.1 Å². The Morgan fingerprint density at radius 2 is 1.15 bits per heavy atom. The Labute approximate surface area is 159 Å². The van der Waals surface area contributed by atoms with Gasteiger partial charge < -0.3 is 0 Å². The fourth-order valence-corrected chi connectivity index (χ4v) is 2.89. The summed E-state index contributed by atoms with van der Waals surface area (Å²) in [4.78, 5) is 24.8. The van der Waals surface area contributed by atoms with Crippen LogP contribution in [-0.2, 0) is 9.59 Å². The molecule has 5 nitrogen and oxygen atoms in total. The number of carbonyl (C=O) groups excluding carboxylic acids is 2. The summed E-state index contributed by atoms with van der Waals surface area (Å²) in [7, 11) is 0. The molecular formula is C21H37N3O2. The molecule has 0 aromatic rings. The summed E-state index contributed by atoms with van der Waals surface area (Å²) < 4.78 is 0. The monoisotopic (exact) mass is 363 g/mol. The van der Waals surface area contributed by atoms with E-state index in [1.807, 2.05) is 39.8 Å². The van der Waals surface area contributed by atoms with E-state index in [0.29, 0.717) is 25.7 Å². The molecule has 0 aromatic carbocycles. The number of amides is 2. The Balaban J connectivity index is 4.74. The van der Waals surface area contributed by atoms with Gasteiger partial charge in [0, 0.05) is 11.8 Å². The summed E-state index contributed by atoms with van der Waals surface area (Å²) in [5, 5.41) is 13.0. The van der Waals surface area contributed by atoms with E-state index in [4.69, 9.17) is 5.41 Å². The van der Waals surface area contributed by atoms with Crippen LogP contribution in [0.15, 0.2) is 23.3 Å². The number of allylic oxidation sites excluding steroid dienone is 4. The van der Waals surface area contributed by atoms with Gasteiger partial charge in [0.1, 0.15) is 0 Å². The lowest BCUT2D eigenvalue weighted by molar-refractivity contribution is -0.124. The Morgan fingerprint density at radius 1 is 0.808 bits per heavy atom. The van der Waals surface area contributed by atoms with Gasteiger partial charge in [0.15, 0.2) is 0 Å². The zero-order valence-electron chi connectivity index (χ0n) is 17.4. The molecular weight excluding hydrogens is 326 g/mol. The topological polar surface area (TPSA) is 82.1 Å². The highest BCUT2D eigenvalue weighted by molar-refractivity contribution is 6.04. The molecule has 0 aliphatic rings. The quantitative estimate of drug-likeness (QED) is 0.299. The maximum Gasteiger partial charge on any atom is 0.230 e. The first-order valence-electron chi connectivity index (χ1n) is 9.84. The van der Waals surface area contributed by atoms with Crippen LogP contribution in [0, 0.1) is 17.2 Å². The van der Waals surface area contributed by atoms with E-state index in [0.717, 1.165) is 12.8 Å². The third-order valence-electron chi connectivity index (χ3n) is 4.97. The van der Waals surface area contributed by atoms with Crippen LogP contribution in [-0.4, -0.2) is 17.8 Å². The summed E-state index contributed by atoms with van der Waals surface area (Å²) in [5.41, 5.74) is 2.46. The summed E-state index contributed by atoms with van der Waals surface area (Å²) in [6, 6.07) is 0. The van der Waals surface area contributed by atoms with Gasteiger partial charge in [-0.1, -0.05) is 51.0 Å². The van der Waals surface area contributed by atoms with Crippen LogP contribution in [0.25, 0.3) is 0 Å². The summed E-state index contributed by atoms with van der Waals surface area (Å²) in [6.45, 7) is 12.0. The molecule has 0 bridgehead atoms. The van der Waals surface area contributed by atoms with Crippen molar-refractivity contribution in [3.8, 4) is 0 Å². The molecule has 26 heavy (non-hydrogen) atoms. The fraction of sp³-hybridized carbons (Fsp3) is 0.667. The van der Waals surface area contributed by atoms with Crippen LogP contribution in [0.2, 0.25) is 0 Å². The zero-order valence-corrected chi connectivity index (χ0v) is 17.4. The molecule has 0 aliphatic heterocycles. The van der Waals surface area contributed by atoms with Crippen LogP contribution in [0.4, 0.5) is 0 Å². The minimum atomic E-state index is -0.228. The van der Waals surface area contributed by atoms with E-state index in [1.54, 1.807) is 0 Å². The molecule has 0 fully saturated rings. The van der Waals surface area contributed by atoms with Gasteiger partial charge in [0.2, 0.25) is 17.8 Å². The van der Waals surface area contributed by atoms with E-state index in [9.17, 15) is 9.59 Å². The first kappa shape index (κ1) is 24.1. The molecule has 0 aromatic heterocycles. The van der Waals surface area contributed by atoms with Gasteiger partial charge in [-0.05, 0) is 52.4 Å². The van der Waals surface area contributed by atoms with E-state index in [2.05, 4.69) is 24.5 Å². The molecule has 148 valence electrons. The normalized spacial score (nSPS) is 14.5. The van der Waals surface area contributed by atoms with Crippen LogP contribution in [0.1, 0.15) is 80.1 Å². The number of rotatable bonds is 10. The molecule has 0 aliphatic carbocycles. The Morgan fingerprint density at radius 3 is 1.38 bits per heavy atom. The Hall–Kier alpha value is -1.91. The molecule has 2 amide bonds. The van der Waals surface area contributed by atoms with Crippen molar-refractivity contribution in [3.63, 3.8) is 0 Å². The van der Waals surface area contributed by atoms with Crippen LogP contribution in [0.5, 0.6) is 0 Å². The third-order valence-corrected chi connectivity index (χ3v) is 4.97. The number of hydrogen-bond donors (Lipinski definition) is 3. The standard InChI is InChI=1S/C21H37N3O2/c1-7-15(8-2)13-17(11-5)19(25)23-21(22)24-20(26)18(12-6)14-16(9-3)10-4/h7,9,17-18H,8,10-14H2,1-6H3,(H3,22,23,24,25,26)/b15-7+,16-9+/t17-,18+. The number of hydrogen-bond acceptors (Lipinski definition) is 3. The average Bonchev–Trinajstić information content (AvgIpc) is 2.63. The predicted molar refractivity (Wildman–Crippen MR) is 109 cm³/mol. The molecule has 0 saturated heterocycles. The molecule has 5 heteroatoms. The van der Waals surface area contributed by atoms with Gasteiger partial charge in [-0.15, -0.1) is 0 Å². The van der Waals surface area contributed by atoms with E-state index in [-0.39, 0.29) is 29.6 Å². The van der Waals surface area contributed by atoms with Crippen LogP contribution < -0.4 is 10.6 Å². The van der Waals surface area contributed by atoms with Crippen molar-refractivity contribution in [2.45, 2.75) is 80.1 Å². The lowest BCUT2D eigenvalue weighted by Crippen LogP contribution is -2.47. The number of guanidine groups is 1. The maximum absolute atomic E-state index is 12.4. The van der Waals surface area contributed by atoms with Crippen LogP contribution in [0.3, 0.4) is 0 Å². The molecule has 0 rings (SSSR count). The SMILES string of the molecule is C/C=C(\CC)C[C@@H](CC)C(=O)NC(=N)NC(=O)[C@@H](CC)C/C(=C/C)CC. The van der Waals surface area contributed by atoms with Gasteiger partial charge in [-0.25, -0.2) is 0 Å². The second-order valence-corrected chi connectivity index (χ2v) is 6.57. The summed E-state index contributed by atoms with van der Waals surface area (Å²) in [5.74, 6) is -1.01.